The van der Waals surface area contributed by atoms with Gasteiger partial charge in [0, 0.05) is 38.8 Å². The molecule has 2 amide bonds. The third-order valence-electron chi connectivity index (χ3n) is 4.48. The van der Waals surface area contributed by atoms with Gasteiger partial charge in [0.15, 0.2) is 0 Å². The van der Waals surface area contributed by atoms with E-state index >= 15 is 0 Å². The summed E-state index contributed by atoms with van der Waals surface area (Å²) in [7, 11) is 0. The van der Waals surface area contributed by atoms with Crippen LogP contribution in [-0.2, 0) is 9.53 Å². The van der Waals surface area contributed by atoms with Crippen molar-refractivity contribution in [2.45, 2.75) is 25.8 Å². The minimum Gasteiger partial charge on any atom is -0.379 e. The van der Waals surface area contributed by atoms with Gasteiger partial charge < -0.3 is 19.5 Å². The van der Waals surface area contributed by atoms with Crippen LogP contribution < -0.4 is 5.32 Å². The number of piperidine rings is 1. The van der Waals surface area contributed by atoms with E-state index in [1.54, 1.807) is 13.0 Å². The van der Waals surface area contributed by atoms with E-state index in [-0.39, 0.29) is 17.6 Å². The predicted molar refractivity (Wildman–Crippen MR) is 85.6 cm³/mol. The summed E-state index contributed by atoms with van der Waals surface area (Å²) >= 11 is 0. The zero-order valence-corrected chi connectivity index (χ0v) is 14.0. The highest BCUT2D eigenvalue weighted by Gasteiger charge is 2.31. The SMILES string of the molecule is Cc1cc(C(=O)NC2CCCN(CCN3CCOCC3)C2=O)on1. The van der Waals surface area contributed by atoms with Crippen LogP contribution in [0.2, 0.25) is 0 Å². The Kier molecular flexibility index (Phi) is 5.47. The number of rotatable bonds is 5. The summed E-state index contributed by atoms with van der Waals surface area (Å²) in [5.41, 5.74) is 0.641. The van der Waals surface area contributed by atoms with E-state index < -0.39 is 6.04 Å². The van der Waals surface area contributed by atoms with Crippen molar-refractivity contribution in [3.8, 4) is 0 Å². The first-order valence-electron chi connectivity index (χ1n) is 8.46. The quantitative estimate of drug-likeness (QED) is 0.817. The van der Waals surface area contributed by atoms with Gasteiger partial charge in [-0.3, -0.25) is 14.5 Å². The molecular weight excluding hydrogens is 312 g/mol. The Labute approximate surface area is 141 Å². The van der Waals surface area contributed by atoms with Crippen LogP contribution in [0.4, 0.5) is 0 Å². The Morgan fingerprint density at radius 1 is 1.33 bits per heavy atom. The normalized spacial score (nSPS) is 22.6. The second kappa shape index (κ2) is 7.76. The van der Waals surface area contributed by atoms with Gasteiger partial charge in [0.2, 0.25) is 11.7 Å². The Balaban J connectivity index is 1.51. The summed E-state index contributed by atoms with van der Waals surface area (Å²) in [4.78, 5) is 28.9. The number of likely N-dealkylation sites (tertiary alicyclic amines) is 1. The molecule has 1 atom stereocenters. The largest absolute Gasteiger partial charge is 0.379 e. The average molecular weight is 336 g/mol. The molecule has 0 bridgehead atoms. The molecule has 0 aliphatic carbocycles. The lowest BCUT2D eigenvalue weighted by molar-refractivity contribution is -0.136. The van der Waals surface area contributed by atoms with Crippen molar-refractivity contribution in [3.63, 3.8) is 0 Å². The molecule has 1 unspecified atom stereocenters. The molecule has 2 aliphatic rings. The molecule has 24 heavy (non-hydrogen) atoms. The minimum absolute atomic E-state index is 0.0147. The second-order valence-corrected chi connectivity index (χ2v) is 6.28. The molecule has 0 aromatic carbocycles. The number of aryl methyl sites for hydroxylation is 1. The summed E-state index contributed by atoms with van der Waals surface area (Å²) in [5.74, 6) is -0.256. The summed E-state index contributed by atoms with van der Waals surface area (Å²) < 4.78 is 10.3. The lowest BCUT2D eigenvalue weighted by Crippen LogP contribution is -2.54. The van der Waals surface area contributed by atoms with Gasteiger partial charge in [-0.25, -0.2) is 0 Å². The van der Waals surface area contributed by atoms with Gasteiger partial charge in [0.05, 0.1) is 18.9 Å². The number of nitrogens with one attached hydrogen (secondary N) is 1. The first-order valence-corrected chi connectivity index (χ1v) is 8.46. The molecule has 2 saturated heterocycles. The van der Waals surface area contributed by atoms with Gasteiger partial charge in [-0.15, -0.1) is 0 Å². The van der Waals surface area contributed by atoms with Gasteiger partial charge in [-0.1, -0.05) is 5.16 Å². The third kappa shape index (κ3) is 4.12. The van der Waals surface area contributed by atoms with Crippen LogP contribution in [0.25, 0.3) is 0 Å². The average Bonchev–Trinajstić information content (AvgIpc) is 3.03. The summed E-state index contributed by atoms with van der Waals surface area (Å²) in [5, 5.41) is 6.47. The van der Waals surface area contributed by atoms with E-state index in [1.807, 2.05) is 4.90 Å². The maximum Gasteiger partial charge on any atom is 0.290 e. The standard InChI is InChI=1S/C16H24N4O4/c1-12-11-14(24-18-12)15(21)17-13-3-2-4-20(16(13)22)6-5-19-7-9-23-10-8-19/h11,13H,2-10H2,1H3,(H,17,21). The maximum atomic E-state index is 12.6. The van der Waals surface area contributed by atoms with Crippen molar-refractivity contribution in [1.82, 2.24) is 20.3 Å². The number of hydrogen-bond donors (Lipinski definition) is 1. The molecule has 1 aromatic heterocycles. The highest BCUT2D eigenvalue weighted by Crippen LogP contribution is 2.13. The molecule has 3 heterocycles. The number of carbonyl (C=O) groups excluding carboxylic acids is 2. The number of nitrogens with zero attached hydrogens (tertiary/aromatic N) is 3. The van der Waals surface area contributed by atoms with E-state index in [0.717, 1.165) is 45.8 Å². The minimum atomic E-state index is -0.485. The van der Waals surface area contributed by atoms with Crippen LogP contribution in [0.3, 0.4) is 0 Å². The van der Waals surface area contributed by atoms with Gasteiger partial charge in [0.1, 0.15) is 6.04 Å². The van der Waals surface area contributed by atoms with E-state index in [9.17, 15) is 9.59 Å². The Bertz CT molecular complexity index is 582. The molecule has 0 radical (unpaired) electrons. The number of morpholine rings is 1. The van der Waals surface area contributed by atoms with Gasteiger partial charge >= 0.3 is 0 Å². The van der Waals surface area contributed by atoms with Crippen LogP contribution in [0.1, 0.15) is 29.1 Å². The Morgan fingerprint density at radius 2 is 2.12 bits per heavy atom. The van der Waals surface area contributed by atoms with E-state index in [2.05, 4.69) is 15.4 Å². The van der Waals surface area contributed by atoms with Crippen molar-refractivity contribution in [2.24, 2.45) is 0 Å². The lowest BCUT2D eigenvalue weighted by Gasteiger charge is -2.35. The van der Waals surface area contributed by atoms with Gasteiger partial charge in [-0.05, 0) is 19.8 Å². The van der Waals surface area contributed by atoms with Crippen molar-refractivity contribution in [2.75, 3.05) is 45.9 Å². The highest BCUT2D eigenvalue weighted by atomic mass is 16.5. The highest BCUT2D eigenvalue weighted by molar-refractivity contribution is 5.95. The predicted octanol–water partition coefficient (Wildman–Crippen LogP) is 0.0360. The number of ether oxygens (including phenoxy) is 1. The first kappa shape index (κ1) is 16.9. The smallest absolute Gasteiger partial charge is 0.290 e. The monoisotopic (exact) mass is 336 g/mol. The van der Waals surface area contributed by atoms with E-state index in [0.29, 0.717) is 18.7 Å². The van der Waals surface area contributed by atoms with Crippen LogP contribution >= 0.6 is 0 Å². The zero-order chi connectivity index (χ0) is 16.9. The molecular formula is C16H24N4O4. The first-order chi connectivity index (χ1) is 11.6. The van der Waals surface area contributed by atoms with E-state index in [4.69, 9.17) is 9.26 Å². The Hall–Kier alpha value is -1.93. The lowest BCUT2D eigenvalue weighted by atomic mass is 10.0. The molecule has 8 heteroatoms. The number of aromatic nitrogens is 1. The third-order valence-corrected chi connectivity index (χ3v) is 4.48. The van der Waals surface area contributed by atoms with Crippen LogP contribution in [0.5, 0.6) is 0 Å². The van der Waals surface area contributed by atoms with Crippen molar-refractivity contribution in [3.05, 3.63) is 17.5 Å². The molecule has 132 valence electrons. The number of hydrogen-bond acceptors (Lipinski definition) is 6. The van der Waals surface area contributed by atoms with Gasteiger partial charge in [-0.2, -0.15) is 0 Å². The van der Waals surface area contributed by atoms with Crippen molar-refractivity contribution >= 4 is 11.8 Å². The molecule has 1 N–H and O–H groups in total. The molecule has 0 saturated carbocycles. The fourth-order valence-corrected chi connectivity index (χ4v) is 3.08. The summed E-state index contributed by atoms with van der Waals surface area (Å²) in [6.45, 7) is 7.35. The molecule has 1 aromatic rings. The molecule has 2 fully saturated rings. The second-order valence-electron chi connectivity index (χ2n) is 6.28. The van der Waals surface area contributed by atoms with Crippen LogP contribution in [0.15, 0.2) is 10.6 Å². The van der Waals surface area contributed by atoms with E-state index in [1.165, 1.54) is 0 Å². The van der Waals surface area contributed by atoms with Crippen LogP contribution in [-0.4, -0.2) is 78.8 Å². The fourth-order valence-electron chi connectivity index (χ4n) is 3.08. The van der Waals surface area contributed by atoms with Crippen molar-refractivity contribution in [1.29, 1.82) is 0 Å². The summed E-state index contributed by atoms with van der Waals surface area (Å²) in [6, 6.07) is 1.08. The Morgan fingerprint density at radius 3 is 2.83 bits per heavy atom. The zero-order valence-electron chi connectivity index (χ0n) is 14.0. The van der Waals surface area contributed by atoms with Gasteiger partial charge in [0.25, 0.3) is 5.91 Å². The maximum absolute atomic E-state index is 12.6. The number of amides is 2. The molecule has 0 spiro atoms. The molecule has 8 nitrogen and oxygen atoms in total. The van der Waals surface area contributed by atoms with Crippen LogP contribution in [0, 0.1) is 6.92 Å². The fraction of sp³-hybridized carbons (Fsp3) is 0.688. The number of carbonyl (C=O) groups is 2. The molecule has 3 rings (SSSR count). The van der Waals surface area contributed by atoms with Crippen molar-refractivity contribution < 1.29 is 18.8 Å². The molecule has 2 aliphatic heterocycles. The summed E-state index contributed by atoms with van der Waals surface area (Å²) in [6.07, 6.45) is 1.54. The topological polar surface area (TPSA) is 87.9 Å².